The van der Waals surface area contributed by atoms with Crippen molar-refractivity contribution >= 4 is 28.3 Å². The van der Waals surface area contributed by atoms with E-state index < -0.39 is 0 Å². The second-order valence-electron chi connectivity index (χ2n) is 6.09. The minimum absolute atomic E-state index is 0.728. The molecule has 2 heterocycles. The number of fused-ring (bicyclic) bond motifs is 1. The molecule has 0 bridgehead atoms. The van der Waals surface area contributed by atoms with E-state index in [0.717, 1.165) is 60.6 Å². The second kappa shape index (κ2) is 8.80. The summed E-state index contributed by atoms with van der Waals surface area (Å²) in [7, 11) is 0. The molecule has 0 aliphatic carbocycles. The third-order valence-electron chi connectivity index (χ3n) is 4.12. The molecule has 0 saturated heterocycles. The summed E-state index contributed by atoms with van der Waals surface area (Å²) in [5.41, 5.74) is 3.34. The van der Waals surface area contributed by atoms with Gasteiger partial charge in [-0.1, -0.05) is 12.1 Å². The number of hydrogen-bond acceptors (Lipinski definition) is 4. The number of para-hydroxylation sites is 2. The number of imidazole rings is 1. The molecule has 0 spiro atoms. The Morgan fingerprint density at radius 3 is 2.81 bits per heavy atom. The molecule has 0 amide bonds. The summed E-state index contributed by atoms with van der Waals surface area (Å²) in [4.78, 5) is 13.8. The normalized spacial score (nSPS) is 11.9. The Bertz CT molecular complexity index is 879. The molecule has 26 heavy (non-hydrogen) atoms. The lowest BCUT2D eigenvalue weighted by Crippen LogP contribution is -2.39. The smallest absolute Gasteiger partial charge is 0.191 e. The van der Waals surface area contributed by atoms with Gasteiger partial charge in [0.2, 0.25) is 0 Å². The lowest BCUT2D eigenvalue weighted by molar-refractivity contribution is 0.660. The molecule has 0 aliphatic heterocycles. The molecule has 0 unspecified atom stereocenters. The van der Waals surface area contributed by atoms with Crippen molar-refractivity contribution in [1.82, 2.24) is 25.2 Å². The first-order chi connectivity index (χ1) is 12.7. The van der Waals surface area contributed by atoms with E-state index in [1.165, 1.54) is 5.52 Å². The zero-order valence-electron chi connectivity index (χ0n) is 15.6. The average Bonchev–Trinajstić information content (AvgIpc) is 3.18. The molecule has 2 N–H and O–H groups in total. The van der Waals surface area contributed by atoms with E-state index >= 15 is 0 Å². The number of thiazole rings is 1. The van der Waals surface area contributed by atoms with Gasteiger partial charge in [-0.05, 0) is 32.9 Å². The molecule has 2 aromatic heterocycles. The second-order valence-corrected chi connectivity index (χ2v) is 7.16. The fourth-order valence-corrected chi connectivity index (χ4v) is 3.56. The van der Waals surface area contributed by atoms with E-state index in [1.54, 1.807) is 11.3 Å². The van der Waals surface area contributed by atoms with Crippen molar-refractivity contribution in [2.24, 2.45) is 4.99 Å². The van der Waals surface area contributed by atoms with Gasteiger partial charge >= 0.3 is 0 Å². The molecule has 3 rings (SSSR count). The summed E-state index contributed by atoms with van der Waals surface area (Å²) < 4.78 is 2.24. The summed E-state index contributed by atoms with van der Waals surface area (Å²) in [6, 6.07) is 8.25. The Kier molecular flexibility index (Phi) is 6.22. The lowest BCUT2D eigenvalue weighted by atomic mass is 10.3. The molecule has 3 aromatic rings. The van der Waals surface area contributed by atoms with Crippen molar-refractivity contribution < 1.29 is 0 Å². The van der Waals surface area contributed by atoms with Crippen LogP contribution >= 0.6 is 11.3 Å². The third kappa shape index (κ3) is 4.60. The van der Waals surface area contributed by atoms with Crippen LogP contribution in [0.1, 0.15) is 23.4 Å². The number of aliphatic imine (C=N–C) groups is 1. The Labute approximate surface area is 158 Å². The average molecular weight is 371 g/mol. The van der Waals surface area contributed by atoms with E-state index in [0.29, 0.717) is 0 Å². The van der Waals surface area contributed by atoms with E-state index in [-0.39, 0.29) is 0 Å². The molecule has 0 radical (unpaired) electrons. The topological polar surface area (TPSA) is 67.1 Å². The van der Waals surface area contributed by atoms with Gasteiger partial charge in [0.15, 0.2) is 5.96 Å². The third-order valence-corrected chi connectivity index (χ3v) is 4.94. The van der Waals surface area contributed by atoms with Gasteiger partial charge in [-0.2, -0.15) is 0 Å². The van der Waals surface area contributed by atoms with Crippen molar-refractivity contribution in [3.05, 3.63) is 46.2 Å². The maximum atomic E-state index is 4.66. The van der Waals surface area contributed by atoms with Crippen LogP contribution in [0.2, 0.25) is 0 Å². The van der Waals surface area contributed by atoms with Crippen LogP contribution in [0.15, 0.2) is 34.6 Å². The van der Waals surface area contributed by atoms with Crippen molar-refractivity contribution in [2.45, 2.75) is 33.7 Å². The molecule has 7 heteroatoms. The highest BCUT2D eigenvalue weighted by Gasteiger charge is 2.06. The molecule has 1 aromatic carbocycles. The van der Waals surface area contributed by atoms with Crippen LogP contribution in [0, 0.1) is 13.8 Å². The first kappa shape index (κ1) is 18.4. The van der Waals surface area contributed by atoms with Gasteiger partial charge in [0, 0.05) is 38.0 Å². The molecular weight excluding hydrogens is 344 g/mol. The number of nitrogens with zero attached hydrogens (tertiary/aromatic N) is 4. The molecular formula is C19H26N6S. The Morgan fingerprint density at radius 1 is 1.19 bits per heavy atom. The van der Waals surface area contributed by atoms with Crippen LogP contribution in [0.5, 0.6) is 0 Å². The molecule has 0 saturated carbocycles. The van der Waals surface area contributed by atoms with Gasteiger partial charge < -0.3 is 15.2 Å². The zero-order valence-corrected chi connectivity index (χ0v) is 16.4. The molecule has 0 atom stereocenters. The highest BCUT2D eigenvalue weighted by Crippen LogP contribution is 2.14. The summed E-state index contributed by atoms with van der Waals surface area (Å²) in [5.74, 6) is 1.88. The maximum Gasteiger partial charge on any atom is 0.191 e. The zero-order chi connectivity index (χ0) is 18.4. The summed E-state index contributed by atoms with van der Waals surface area (Å²) in [6.07, 6.45) is 0.867. The summed E-state index contributed by atoms with van der Waals surface area (Å²) >= 11 is 1.69. The van der Waals surface area contributed by atoms with Gasteiger partial charge in [0.25, 0.3) is 0 Å². The van der Waals surface area contributed by atoms with Crippen molar-refractivity contribution in [3.63, 3.8) is 0 Å². The summed E-state index contributed by atoms with van der Waals surface area (Å²) in [5, 5.41) is 9.93. The molecule has 138 valence electrons. The predicted molar refractivity (Wildman–Crippen MR) is 109 cm³/mol. The highest BCUT2D eigenvalue weighted by molar-refractivity contribution is 7.09. The van der Waals surface area contributed by atoms with Gasteiger partial charge in [0.1, 0.15) is 5.82 Å². The molecule has 0 aliphatic rings. The van der Waals surface area contributed by atoms with Gasteiger partial charge in [-0.25, -0.2) is 9.97 Å². The SMILES string of the molecule is CCNC(=NCCc1csc(C)n1)NCCn1c(C)nc2ccccc21. The van der Waals surface area contributed by atoms with Crippen LogP contribution in [0.4, 0.5) is 0 Å². The van der Waals surface area contributed by atoms with Crippen LogP contribution in [-0.2, 0) is 13.0 Å². The molecule has 0 fully saturated rings. The highest BCUT2D eigenvalue weighted by atomic mass is 32.1. The van der Waals surface area contributed by atoms with E-state index in [1.807, 2.05) is 13.0 Å². The fraction of sp³-hybridized carbons (Fsp3) is 0.421. The number of benzene rings is 1. The van der Waals surface area contributed by atoms with Crippen LogP contribution in [0.25, 0.3) is 11.0 Å². The van der Waals surface area contributed by atoms with Crippen molar-refractivity contribution in [2.75, 3.05) is 19.6 Å². The maximum absolute atomic E-state index is 4.66. The van der Waals surface area contributed by atoms with E-state index in [2.05, 4.69) is 67.6 Å². The summed E-state index contributed by atoms with van der Waals surface area (Å²) in [6.45, 7) is 9.37. The van der Waals surface area contributed by atoms with Crippen molar-refractivity contribution in [1.29, 1.82) is 0 Å². The Morgan fingerprint density at radius 2 is 2.04 bits per heavy atom. The Hall–Kier alpha value is -2.41. The van der Waals surface area contributed by atoms with E-state index in [9.17, 15) is 0 Å². The lowest BCUT2D eigenvalue weighted by Gasteiger charge is -2.12. The van der Waals surface area contributed by atoms with E-state index in [4.69, 9.17) is 0 Å². The fourth-order valence-electron chi connectivity index (χ4n) is 2.91. The van der Waals surface area contributed by atoms with Crippen LogP contribution in [0.3, 0.4) is 0 Å². The standard InChI is InChI=1S/C19H26N6S/c1-4-20-19(21-10-9-16-13-26-15(3)24-16)22-11-12-25-14(2)23-17-7-5-6-8-18(17)25/h5-8,13H,4,9-12H2,1-3H3,(H2,20,21,22). The van der Waals surface area contributed by atoms with Gasteiger partial charge in [-0.15, -0.1) is 11.3 Å². The number of rotatable bonds is 7. The first-order valence-corrected chi connectivity index (χ1v) is 9.90. The van der Waals surface area contributed by atoms with Crippen molar-refractivity contribution in [3.8, 4) is 0 Å². The molecule has 6 nitrogen and oxygen atoms in total. The van der Waals surface area contributed by atoms with Gasteiger partial charge in [-0.3, -0.25) is 4.99 Å². The minimum Gasteiger partial charge on any atom is -0.357 e. The number of guanidine groups is 1. The number of hydrogen-bond donors (Lipinski definition) is 2. The number of aromatic nitrogens is 3. The predicted octanol–water partition coefficient (Wildman–Crippen LogP) is 2.91. The quantitative estimate of drug-likeness (QED) is 0.496. The monoisotopic (exact) mass is 370 g/mol. The largest absolute Gasteiger partial charge is 0.357 e. The first-order valence-electron chi connectivity index (χ1n) is 9.02. The minimum atomic E-state index is 0.728. The number of nitrogens with one attached hydrogen (secondary N) is 2. The number of aryl methyl sites for hydroxylation is 2. The van der Waals surface area contributed by atoms with Crippen LogP contribution < -0.4 is 10.6 Å². The van der Waals surface area contributed by atoms with Crippen LogP contribution in [-0.4, -0.2) is 40.1 Å². The van der Waals surface area contributed by atoms with Gasteiger partial charge in [0.05, 0.1) is 21.7 Å². The Balaban J connectivity index is 1.56.